The lowest BCUT2D eigenvalue weighted by molar-refractivity contribution is -0.156. The Balaban J connectivity index is 0. The summed E-state index contributed by atoms with van der Waals surface area (Å²) < 4.78 is 24.9. The standard InChI is InChI=1S/C16H36O4Si.FH/c1-13(2,3)17-21(18-14(4,5)6,19-15(7,8)9)20-16(10,11)12;/h1-12H3;1H. The van der Waals surface area contributed by atoms with Gasteiger partial charge in [-0.2, -0.15) is 0 Å². The van der Waals surface area contributed by atoms with Crippen molar-refractivity contribution in [2.75, 3.05) is 0 Å². The quantitative estimate of drug-likeness (QED) is 0.687. The van der Waals surface area contributed by atoms with Crippen LogP contribution in [0.3, 0.4) is 0 Å². The van der Waals surface area contributed by atoms with Crippen LogP contribution in [0.25, 0.3) is 0 Å². The maximum atomic E-state index is 6.23. The van der Waals surface area contributed by atoms with Crippen LogP contribution in [-0.4, -0.2) is 31.5 Å². The number of hydrogen-bond acceptors (Lipinski definition) is 4. The van der Waals surface area contributed by atoms with E-state index in [2.05, 4.69) is 0 Å². The Morgan fingerprint density at radius 1 is 0.409 bits per heavy atom. The minimum absolute atomic E-state index is 0. The molecule has 0 saturated heterocycles. The van der Waals surface area contributed by atoms with Gasteiger partial charge in [-0.3, -0.25) is 4.70 Å². The molecule has 0 amide bonds. The van der Waals surface area contributed by atoms with Crippen LogP contribution >= 0.6 is 0 Å². The van der Waals surface area contributed by atoms with E-state index in [0.29, 0.717) is 0 Å². The molecule has 0 atom stereocenters. The van der Waals surface area contributed by atoms with E-state index in [0.717, 1.165) is 0 Å². The van der Waals surface area contributed by atoms with Gasteiger partial charge in [0.15, 0.2) is 0 Å². The predicted octanol–water partition coefficient (Wildman–Crippen LogP) is 4.83. The first-order valence-electron chi connectivity index (χ1n) is 7.63. The van der Waals surface area contributed by atoms with Crippen LogP contribution in [0.5, 0.6) is 0 Å². The summed E-state index contributed by atoms with van der Waals surface area (Å²) in [6, 6.07) is 0. The van der Waals surface area contributed by atoms with E-state index < -0.39 is 31.5 Å². The van der Waals surface area contributed by atoms with Gasteiger partial charge < -0.3 is 17.7 Å². The summed E-state index contributed by atoms with van der Waals surface area (Å²) in [7, 11) is -3.34. The van der Waals surface area contributed by atoms with E-state index in [-0.39, 0.29) is 4.70 Å². The third-order valence-electron chi connectivity index (χ3n) is 1.72. The fraction of sp³-hybridized carbons (Fsp3) is 1.00. The Hall–Kier alpha value is -0.0131. The second-order valence-corrected chi connectivity index (χ2v) is 11.2. The fourth-order valence-corrected chi connectivity index (χ4v) is 4.88. The summed E-state index contributed by atoms with van der Waals surface area (Å²) in [5.74, 6) is 0. The first-order valence-corrected chi connectivity index (χ1v) is 9.27. The molecule has 0 aliphatic heterocycles. The third-order valence-corrected chi connectivity index (χ3v) is 5.17. The van der Waals surface area contributed by atoms with E-state index >= 15 is 0 Å². The molecule has 0 aliphatic carbocycles. The van der Waals surface area contributed by atoms with Crippen LogP contribution in [0.1, 0.15) is 83.1 Å². The molecule has 0 unspecified atom stereocenters. The zero-order chi connectivity index (χ0) is 17.3. The molecule has 0 spiro atoms. The molecule has 4 nitrogen and oxygen atoms in total. The Bertz CT molecular complexity index is 263. The van der Waals surface area contributed by atoms with Gasteiger partial charge >= 0.3 is 9.05 Å². The van der Waals surface area contributed by atoms with Crippen LogP contribution in [0.15, 0.2) is 0 Å². The average molecular weight is 341 g/mol. The van der Waals surface area contributed by atoms with Crippen molar-refractivity contribution in [3.05, 3.63) is 0 Å². The van der Waals surface area contributed by atoms with Crippen molar-refractivity contribution in [3.63, 3.8) is 0 Å². The van der Waals surface area contributed by atoms with Crippen molar-refractivity contribution in [2.45, 2.75) is 105 Å². The maximum absolute atomic E-state index is 6.23. The number of rotatable bonds is 4. The average Bonchev–Trinajstić information content (AvgIpc) is 1.83. The van der Waals surface area contributed by atoms with Gasteiger partial charge in [0.05, 0.1) is 22.4 Å². The molecule has 0 aromatic rings. The van der Waals surface area contributed by atoms with Crippen LogP contribution < -0.4 is 0 Å². The molecule has 0 fully saturated rings. The summed E-state index contributed by atoms with van der Waals surface area (Å²) in [5.41, 5.74) is -1.69. The van der Waals surface area contributed by atoms with Crippen LogP contribution in [-0.2, 0) is 17.7 Å². The van der Waals surface area contributed by atoms with Gasteiger partial charge in [-0.05, 0) is 83.1 Å². The monoisotopic (exact) mass is 340 g/mol. The summed E-state index contributed by atoms with van der Waals surface area (Å²) in [6.07, 6.45) is 0. The van der Waals surface area contributed by atoms with Gasteiger partial charge in [0, 0.05) is 0 Å². The number of halogens is 1. The van der Waals surface area contributed by atoms with Gasteiger partial charge in [-0.15, -0.1) is 0 Å². The summed E-state index contributed by atoms with van der Waals surface area (Å²) in [4.78, 5) is 0. The Morgan fingerprint density at radius 2 is 0.545 bits per heavy atom. The summed E-state index contributed by atoms with van der Waals surface area (Å²) in [6.45, 7) is 23.8. The molecule has 0 bridgehead atoms. The normalized spacial score (nSPS) is 14.7. The van der Waals surface area contributed by atoms with Crippen molar-refractivity contribution < 1.29 is 22.4 Å². The second kappa shape index (κ2) is 7.26. The van der Waals surface area contributed by atoms with E-state index in [1.54, 1.807) is 0 Å². The molecule has 0 heterocycles. The zero-order valence-corrected chi connectivity index (χ0v) is 17.5. The Kier molecular flexibility index (Phi) is 8.00. The lowest BCUT2D eigenvalue weighted by Crippen LogP contribution is -2.61. The molecule has 136 valence electrons. The SMILES string of the molecule is CC(C)(C)O[Si](OC(C)(C)C)(OC(C)(C)C)OC(C)(C)C.F. The van der Waals surface area contributed by atoms with Crippen LogP contribution in [0.4, 0.5) is 4.70 Å². The Morgan fingerprint density at radius 3 is 0.636 bits per heavy atom. The predicted molar refractivity (Wildman–Crippen MR) is 91.6 cm³/mol. The minimum Gasteiger partial charge on any atom is -0.346 e. The third kappa shape index (κ3) is 12.5. The molecule has 6 heteroatoms. The molecule has 0 aliphatic rings. The van der Waals surface area contributed by atoms with Crippen LogP contribution in [0, 0.1) is 0 Å². The minimum atomic E-state index is -3.34. The van der Waals surface area contributed by atoms with E-state index in [9.17, 15) is 0 Å². The first kappa shape index (κ1) is 24.2. The summed E-state index contributed by atoms with van der Waals surface area (Å²) in [5, 5.41) is 0. The van der Waals surface area contributed by atoms with Gasteiger partial charge in [0.25, 0.3) is 0 Å². The van der Waals surface area contributed by atoms with Gasteiger partial charge in [0.1, 0.15) is 0 Å². The van der Waals surface area contributed by atoms with Crippen LogP contribution in [0.2, 0.25) is 0 Å². The van der Waals surface area contributed by atoms with Gasteiger partial charge in [0.2, 0.25) is 0 Å². The maximum Gasteiger partial charge on any atom is 0.681 e. The topological polar surface area (TPSA) is 36.9 Å². The second-order valence-electron chi connectivity index (χ2n) is 9.36. The van der Waals surface area contributed by atoms with Crippen molar-refractivity contribution in [1.82, 2.24) is 0 Å². The van der Waals surface area contributed by atoms with Crippen molar-refractivity contribution in [1.29, 1.82) is 0 Å². The Labute approximate surface area is 137 Å². The lowest BCUT2D eigenvalue weighted by Gasteiger charge is -2.43. The first-order chi connectivity index (χ1) is 8.83. The molecule has 0 saturated carbocycles. The van der Waals surface area contributed by atoms with E-state index in [1.165, 1.54) is 0 Å². The lowest BCUT2D eigenvalue weighted by atomic mass is 10.2. The molecular formula is C16H37FO4Si. The highest BCUT2D eigenvalue weighted by molar-refractivity contribution is 6.54. The van der Waals surface area contributed by atoms with E-state index in [1.807, 2.05) is 83.1 Å². The molecule has 0 radical (unpaired) electrons. The van der Waals surface area contributed by atoms with E-state index in [4.69, 9.17) is 17.7 Å². The molecular weight excluding hydrogens is 303 g/mol. The highest BCUT2D eigenvalue weighted by atomic mass is 28.4. The molecule has 0 aromatic carbocycles. The fourth-order valence-electron chi connectivity index (χ4n) is 1.63. The number of hydrogen-bond donors (Lipinski definition) is 0. The highest BCUT2D eigenvalue weighted by Gasteiger charge is 2.56. The largest absolute Gasteiger partial charge is 0.681 e. The van der Waals surface area contributed by atoms with Crippen molar-refractivity contribution in [2.24, 2.45) is 0 Å². The summed E-state index contributed by atoms with van der Waals surface area (Å²) >= 11 is 0. The highest BCUT2D eigenvalue weighted by Crippen LogP contribution is 2.32. The zero-order valence-electron chi connectivity index (χ0n) is 16.5. The molecule has 22 heavy (non-hydrogen) atoms. The molecule has 0 rings (SSSR count). The van der Waals surface area contributed by atoms with Crippen molar-refractivity contribution in [3.8, 4) is 0 Å². The molecule has 0 N–H and O–H groups in total. The smallest absolute Gasteiger partial charge is 0.346 e. The van der Waals surface area contributed by atoms with Crippen molar-refractivity contribution >= 4 is 9.05 Å². The van der Waals surface area contributed by atoms with Gasteiger partial charge in [-0.1, -0.05) is 0 Å². The molecule has 0 aromatic heterocycles. The van der Waals surface area contributed by atoms with Gasteiger partial charge in [-0.25, -0.2) is 0 Å².